The third kappa shape index (κ3) is 4.54. The van der Waals surface area contributed by atoms with Crippen LogP contribution in [0.2, 0.25) is 0 Å². The highest BCUT2D eigenvalue weighted by molar-refractivity contribution is 6.25. The van der Waals surface area contributed by atoms with Crippen LogP contribution < -0.4 is 0 Å². The Bertz CT molecular complexity index is 2840. The molecule has 0 aliphatic heterocycles. The normalized spacial score (nSPS) is 11.6. The first kappa shape index (κ1) is 28.5. The zero-order valence-electron chi connectivity index (χ0n) is 27.5. The van der Waals surface area contributed by atoms with E-state index in [1.807, 2.05) is 0 Å². The van der Waals surface area contributed by atoms with Gasteiger partial charge in [-0.3, -0.25) is 0 Å². The van der Waals surface area contributed by atoms with Gasteiger partial charge in [0.2, 0.25) is 0 Å². The first-order chi connectivity index (χ1) is 24.8. The fraction of sp³-hybridized carbons (Fsp3) is 0. The Hall–Kier alpha value is -6.50. The van der Waals surface area contributed by atoms with Gasteiger partial charge in [-0.15, -0.1) is 0 Å². The lowest BCUT2D eigenvalue weighted by atomic mass is 9.82. The first-order valence-electron chi connectivity index (χ1n) is 17.4. The van der Waals surface area contributed by atoms with E-state index in [-0.39, 0.29) is 0 Å². The summed E-state index contributed by atoms with van der Waals surface area (Å²) in [6, 6.07) is 71.4. The van der Waals surface area contributed by atoms with Crippen molar-refractivity contribution in [1.29, 1.82) is 0 Å². The monoisotopic (exact) mass is 632 g/mol. The van der Waals surface area contributed by atoms with E-state index in [9.17, 15) is 0 Å². The van der Waals surface area contributed by atoms with Crippen molar-refractivity contribution in [2.24, 2.45) is 0 Å². The molecule has 0 radical (unpaired) electrons. The summed E-state index contributed by atoms with van der Waals surface area (Å²) >= 11 is 0. The maximum absolute atomic E-state index is 2.40. The molecule has 10 aromatic rings. The molecule has 0 aliphatic carbocycles. The summed E-state index contributed by atoms with van der Waals surface area (Å²) in [4.78, 5) is 0. The van der Waals surface area contributed by atoms with Crippen LogP contribution in [0.15, 0.2) is 194 Å². The summed E-state index contributed by atoms with van der Waals surface area (Å²) < 4.78 is 0. The minimum atomic E-state index is 1.21. The van der Waals surface area contributed by atoms with Crippen LogP contribution in [0.5, 0.6) is 0 Å². The second-order valence-corrected chi connectivity index (χ2v) is 13.2. The molecular weight excluding hydrogens is 601 g/mol. The van der Waals surface area contributed by atoms with Gasteiger partial charge in [0.05, 0.1) is 0 Å². The van der Waals surface area contributed by atoms with Gasteiger partial charge in [-0.1, -0.05) is 176 Å². The van der Waals surface area contributed by atoms with E-state index in [1.165, 1.54) is 98.4 Å². The Morgan fingerprint density at radius 2 is 0.700 bits per heavy atom. The minimum absolute atomic E-state index is 1.21. The van der Waals surface area contributed by atoms with Crippen LogP contribution in [0.4, 0.5) is 0 Å². The molecule has 0 unspecified atom stereocenters. The molecule has 0 heterocycles. The maximum atomic E-state index is 2.40. The molecule has 0 aromatic heterocycles. The highest BCUT2D eigenvalue weighted by Gasteiger charge is 2.21. The van der Waals surface area contributed by atoms with E-state index in [0.717, 1.165) is 0 Å². The Labute approximate surface area is 291 Å². The van der Waals surface area contributed by atoms with Crippen molar-refractivity contribution >= 4 is 53.9 Å². The van der Waals surface area contributed by atoms with Crippen molar-refractivity contribution in [3.8, 4) is 44.5 Å². The predicted octanol–water partition coefficient (Wildman–Crippen LogP) is 14.1. The van der Waals surface area contributed by atoms with Gasteiger partial charge in [-0.25, -0.2) is 0 Å². The molecular formula is C50H32. The van der Waals surface area contributed by atoms with Crippen LogP contribution in [0, 0.1) is 0 Å². The third-order valence-electron chi connectivity index (χ3n) is 10.4. The van der Waals surface area contributed by atoms with E-state index in [1.54, 1.807) is 0 Å². The molecule has 0 N–H and O–H groups in total. The zero-order valence-corrected chi connectivity index (χ0v) is 27.5. The van der Waals surface area contributed by atoms with Gasteiger partial charge in [0.1, 0.15) is 0 Å². The summed E-state index contributed by atoms with van der Waals surface area (Å²) in [6.07, 6.45) is 0. The second kappa shape index (κ2) is 11.6. The number of hydrogen-bond acceptors (Lipinski definition) is 0. The molecule has 50 heavy (non-hydrogen) atoms. The van der Waals surface area contributed by atoms with Crippen LogP contribution >= 0.6 is 0 Å². The van der Waals surface area contributed by atoms with E-state index in [4.69, 9.17) is 0 Å². The van der Waals surface area contributed by atoms with Crippen molar-refractivity contribution < 1.29 is 0 Å². The molecule has 0 heteroatoms. The van der Waals surface area contributed by atoms with Gasteiger partial charge in [-0.05, 0) is 117 Å². The highest BCUT2D eigenvalue weighted by atomic mass is 14.2. The largest absolute Gasteiger partial charge is 0.0622 e. The Kier molecular flexibility index (Phi) is 6.60. The van der Waals surface area contributed by atoms with Crippen molar-refractivity contribution in [3.05, 3.63) is 194 Å². The van der Waals surface area contributed by atoms with Gasteiger partial charge < -0.3 is 0 Å². The fourth-order valence-corrected chi connectivity index (χ4v) is 8.14. The molecule has 0 bridgehead atoms. The summed E-state index contributed by atoms with van der Waals surface area (Å²) in [6.45, 7) is 0. The number of fused-ring (bicyclic) bond motifs is 6. The number of rotatable bonds is 4. The van der Waals surface area contributed by atoms with Crippen molar-refractivity contribution in [1.82, 2.24) is 0 Å². The minimum Gasteiger partial charge on any atom is -0.0622 e. The average Bonchev–Trinajstić information content (AvgIpc) is 3.19. The van der Waals surface area contributed by atoms with Crippen molar-refractivity contribution in [2.45, 2.75) is 0 Å². The lowest BCUT2D eigenvalue weighted by Crippen LogP contribution is -1.94. The molecule has 10 rings (SSSR count). The SMILES string of the molecule is c1ccc(-c2ccc(-c3ccccc3)c(-c3c4ccccc4c(-c4cccc5cc6c(ccc7ccccc76)cc45)c4ccccc34)c2)cc1. The smallest absolute Gasteiger partial charge is 0.00199 e. The lowest BCUT2D eigenvalue weighted by Gasteiger charge is -2.21. The molecule has 0 amide bonds. The van der Waals surface area contributed by atoms with E-state index in [0.29, 0.717) is 0 Å². The van der Waals surface area contributed by atoms with Gasteiger partial charge in [0, 0.05) is 0 Å². The second-order valence-electron chi connectivity index (χ2n) is 13.2. The zero-order chi connectivity index (χ0) is 33.0. The van der Waals surface area contributed by atoms with E-state index < -0.39 is 0 Å². The Morgan fingerprint density at radius 3 is 1.38 bits per heavy atom. The van der Waals surface area contributed by atoms with Crippen molar-refractivity contribution in [3.63, 3.8) is 0 Å². The highest BCUT2D eigenvalue weighted by Crippen LogP contribution is 2.48. The van der Waals surface area contributed by atoms with Crippen molar-refractivity contribution in [2.75, 3.05) is 0 Å². The molecule has 0 spiro atoms. The maximum Gasteiger partial charge on any atom is -0.00199 e. The molecule has 0 saturated heterocycles. The van der Waals surface area contributed by atoms with Crippen LogP contribution in [0.25, 0.3) is 98.4 Å². The standard InChI is InChI=1S/C50H32/c1-3-14-33(15-4-1)36-28-29-40(34-16-5-2-6-17-34)48(30-36)50-43-23-11-9-21-41(43)49(42-22-10-12-24-44(42)50)45-25-13-19-37-31-46-38(32-47(37)45)27-26-35-18-7-8-20-39(35)46/h1-32H. The predicted molar refractivity (Wildman–Crippen MR) is 216 cm³/mol. The Balaban J connectivity index is 1.31. The Morgan fingerprint density at radius 1 is 0.200 bits per heavy atom. The molecule has 0 aliphatic rings. The van der Waals surface area contributed by atoms with Crippen LogP contribution in [0.1, 0.15) is 0 Å². The summed E-state index contributed by atoms with van der Waals surface area (Å²) in [5, 5.41) is 12.7. The first-order valence-corrected chi connectivity index (χ1v) is 17.4. The third-order valence-corrected chi connectivity index (χ3v) is 10.4. The van der Waals surface area contributed by atoms with Gasteiger partial charge in [0.25, 0.3) is 0 Å². The molecule has 10 aromatic carbocycles. The van der Waals surface area contributed by atoms with E-state index in [2.05, 4.69) is 194 Å². The van der Waals surface area contributed by atoms with Crippen LogP contribution in [0.3, 0.4) is 0 Å². The average molecular weight is 633 g/mol. The summed E-state index contributed by atoms with van der Waals surface area (Å²) in [7, 11) is 0. The summed E-state index contributed by atoms with van der Waals surface area (Å²) in [5.74, 6) is 0. The topological polar surface area (TPSA) is 0 Å². The molecule has 0 saturated carbocycles. The molecule has 0 fully saturated rings. The van der Waals surface area contributed by atoms with Gasteiger partial charge in [-0.2, -0.15) is 0 Å². The summed E-state index contributed by atoms with van der Waals surface area (Å²) in [5.41, 5.74) is 9.94. The van der Waals surface area contributed by atoms with Gasteiger partial charge in [0.15, 0.2) is 0 Å². The quantitative estimate of drug-likeness (QED) is 0.134. The van der Waals surface area contributed by atoms with E-state index >= 15 is 0 Å². The molecule has 0 nitrogen and oxygen atoms in total. The fourth-order valence-electron chi connectivity index (χ4n) is 8.14. The molecule has 232 valence electrons. The lowest BCUT2D eigenvalue weighted by molar-refractivity contribution is 1.58. The number of benzene rings is 10. The van der Waals surface area contributed by atoms with Crippen LogP contribution in [-0.2, 0) is 0 Å². The molecule has 0 atom stereocenters. The van der Waals surface area contributed by atoms with Gasteiger partial charge >= 0.3 is 0 Å². The number of hydrogen-bond donors (Lipinski definition) is 0. The van der Waals surface area contributed by atoms with Crippen LogP contribution in [-0.4, -0.2) is 0 Å².